The van der Waals surface area contributed by atoms with Crippen LogP contribution in [0, 0.1) is 0 Å². The number of aromatic nitrogens is 1. The van der Waals surface area contributed by atoms with Crippen molar-refractivity contribution in [2.24, 2.45) is 12.8 Å². The van der Waals surface area contributed by atoms with Crippen molar-refractivity contribution >= 4 is 10.9 Å². The van der Waals surface area contributed by atoms with Gasteiger partial charge in [-0.2, -0.15) is 0 Å². The van der Waals surface area contributed by atoms with Gasteiger partial charge < -0.3 is 15.0 Å². The second kappa shape index (κ2) is 4.36. The number of aryl methyl sites for hydroxylation is 1. The Morgan fingerprint density at radius 2 is 2.20 bits per heavy atom. The summed E-state index contributed by atoms with van der Waals surface area (Å²) >= 11 is 0. The first-order valence-corrected chi connectivity index (χ1v) is 5.20. The third kappa shape index (κ3) is 1.97. The molecule has 0 saturated carbocycles. The summed E-state index contributed by atoms with van der Waals surface area (Å²) in [6.45, 7) is 1.36. The van der Waals surface area contributed by atoms with Crippen LogP contribution < -0.4 is 10.5 Å². The number of benzene rings is 1. The maximum atomic E-state index is 5.68. The highest BCUT2D eigenvalue weighted by atomic mass is 16.5. The number of nitrogens with two attached hydrogens (primary N) is 1. The lowest BCUT2D eigenvalue weighted by Crippen LogP contribution is -2.06. The fourth-order valence-corrected chi connectivity index (χ4v) is 1.67. The summed E-state index contributed by atoms with van der Waals surface area (Å²) in [5.41, 5.74) is 6.62. The van der Waals surface area contributed by atoms with E-state index in [1.54, 1.807) is 0 Å². The monoisotopic (exact) mass is 204 g/mol. The highest BCUT2D eigenvalue weighted by Crippen LogP contribution is 2.25. The van der Waals surface area contributed by atoms with Gasteiger partial charge in [0.1, 0.15) is 5.75 Å². The zero-order valence-electron chi connectivity index (χ0n) is 8.94. The van der Waals surface area contributed by atoms with Gasteiger partial charge in [0.05, 0.1) is 12.1 Å². The summed E-state index contributed by atoms with van der Waals surface area (Å²) in [6.07, 6.45) is 2.93. The lowest BCUT2D eigenvalue weighted by Gasteiger charge is -2.06. The van der Waals surface area contributed by atoms with E-state index < -0.39 is 0 Å². The molecule has 2 rings (SSSR count). The van der Waals surface area contributed by atoms with E-state index >= 15 is 0 Å². The molecule has 0 aliphatic rings. The minimum Gasteiger partial charge on any atom is -0.493 e. The molecule has 1 heterocycles. The van der Waals surface area contributed by atoms with Gasteiger partial charge in [0.25, 0.3) is 0 Å². The molecule has 0 unspecified atom stereocenters. The van der Waals surface area contributed by atoms with Crippen LogP contribution in [0.1, 0.15) is 6.42 Å². The normalized spacial score (nSPS) is 10.8. The highest BCUT2D eigenvalue weighted by molar-refractivity contribution is 5.86. The summed E-state index contributed by atoms with van der Waals surface area (Å²) in [6, 6.07) is 8.18. The Hall–Kier alpha value is -1.48. The molecule has 1 aromatic heterocycles. The van der Waals surface area contributed by atoms with Crippen LogP contribution in [0.15, 0.2) is 30.5 Å². The van der Waals surface area contributed by atoms with Gasteiger partial charge in [-0.05, 0) is 31.2 Å². The number of nitrogens with zero attached hydrogens (tertiary/aromatic N) is 1. The topological polar surface area (TPSA) is 40.2 Å². The molecule has 0 bridgehead atoms. The molecule has 0 spiro atoms. The Labute approximate surface area is 89.4 Å². The van der Waals surface area contributed by atoms with Gasteiger partial charge in [0, 0.05) is 18.6 Å². The van der Waals surface area contributed by atoms with Gasteiger partial charge >= 0.3 is 0 Å². The van der Waals surface area contributed by atoms with E-state index in [1.165, 1.54) is 5.52 Å². The molecule has 2 aromatic rings. The van der Waals surface area contributed by atoms with E-state index in [2.05, 4.69) is 16.7 Å². The fraction of sp³-hybridized carbons (Fsp3) is 0.333. The predicted molar refractivity (Wildman–Crippen MR) is 62.1 cm³/mol. The SMILES string of the molecule is Cn1ccc2c(OCCCN)cccc21. The second-order valence-electron chi connectivity index (χ2n) is 3.61. The van der Waals surface area contributed by atoms with Crippen molar-refractivity contribution in [1.29, 1.82) is 0 Å². The molecule has 0 atom stereocenters. The molecule has 0 saturated heterocycles. The molecule has 0 aliphatic heterocycles. The Balaban J connectivity index is 2.26. The first-order valence-electron chi connectivity index (χ1n) is 5.20. The molecule has 1 aromatic carbocycles. The number of fused-ring (bicyclic) bond motifs is 1. The number of hydrogen-bond acceptors (Lipinski definition) is 2. The number of ether oxygens (including phenoxy) is 1. The maximum Gasteiger partial charge on any atom is 0.128 e. The molecule has 3 nitrogen and oxygen atoms in total. The van der Waals surface area contributed by atoms with E-state index in [9.17, 15) is 0 Å². The lowest BCUT2D eigenvalue weighted by molar-refractivity contribution is 0.317. The average molecular weight is 204 g/mol. The van der Waals surface area contributed by atoms with Gasteiger partial charge in [0.15, 0.2) is 0 Å². The van der Waals surface area contributed by atoms with Crippen molar-refractivity contribution in [3.05, 3.63) is 30.5 Å². The van der Waals surface area contributed by atoms with Gasteiger partial charge in [-0.3, -0.25) is 0 Å². The quantitative estimate of drug-likeness (QED) is 0.773. The Bertz CT molecular complexity index is 448. The molecular formula is C12H16N2O. The first-order chi connectivity index (χ1) is 7.33. The summed E-state index contributed by atoms with van der Waals surface area (Å²) < 4.78 is 7.77. The van der Waals surface area contributed by atoms with Crippen molar-refractivity contribution in [2.75, 3.05) is 13.2 Å². The largest absolute Gasteiger partial charge is 0.493 e. The summed E-state index contributed by atoms with van der Waals surface area (Å²) in [4.78, 5) is 0. The van der Waals surface area contributed by atoms with E-state index in [0.717, 1.165) is 17.6 Å². The van der Waals surface area contributed by atoms with E-state index in [4.69, 9.17) is 10.5 Å². The summed E-state index contributed by atoms with van der Waals surface area (Å²) in [5.74, 6) is 0.946. The van der Waals surface area contributed by atoms with Gasteiger partial charge in [-0.25, -0.2) is 0 Å². The zero-order valence-corrected chi connectivity index (χ0v) is 8.94. The molecule has 2 N–H and O–H groups in total. The van der Waals surface area contributed by atoms with E-state index in [1.807, 2.05) is 25.4 Å². The van der Waals surface area contributed by atoms with Crippen molar-refractivity contribution in [3.8, 4) is 5.75 Å². The number of hydrogen-bond donors (Lipinski definition) is 1. The van der Waals surface area contributed by atoms with E-state index in [0.29, 0.717) is 13.2 Å². The van der Waals surface area contributed by atoms with Crippen molar-refractivity contribution < 1.29 is 4.74 Å². The van der Waals surface area contributed by atoms with E-state index in [-0.39, 0.29) is 0 Å². The summed E-state index contributed by atoms with van der Waals surface area (Å²) in [5, 5.41) is 1.16. The van der Waals surface area contributed by atoms with Crippen LogP contribution >= 0.6 is 0 Å². The fourth-order valence-electron chi connectivity index (χ4n) is 1.67. The minimum atomic E-state index is 0.671. The molecule has 0 amide bonds. The van der Waals surface area contributed by atoms with Crippen LogP contribution in [-0.4, -0.2) is 17.7 Å². The summed E-state index contributed by atoms with van der Waals surface area (Å²) in [7, 11) is 2.03. The van der Waals surface area contributed by atoms with Crippen LogP contribution in [0.5, 0.6) is 5.75 Å². The standard InChI is InChI=1S/C12H16N2O/c1-14-8-6-10-11(14)4-2-5-12(10)15-9-3-7-13/h2,4-6,8H,3,7,9,13H2,1H3. The van der Waals surface area contributed by atoms with Crippen molar-refractivity contribution in [2.45, 2.75) is 6.42 Å². The van der Waals surface area contributed by atoms with Crippen LogP contribution in [-0.2, 0) is 7.05 Å². The van der Waals surface area contributed by atoms with Crippen molar-refractivity contribution in [3.63, 3.8) is 0 Å². The Morgan fingerprint density at radius 3 is 3.00 bits per heavy atom. The van der Waals surface area contributed by atoms with Gasteiger partial charge in [0.2, 0.25) is 0 Å². The first kappa shape index (κ1) is 10.1. The zero-order chi connectivity index (χ0) is 10.7. The minimum absolute atomic E-state index is 0.671. The maximum absolute atomic E-state index is 5.68. The van der Waals surface area contributed by atoms with Crippen LogP contribution in [0.3, 0.4) is 0 Å². The average Bonchev–Trinajstić information content (AvgIpc) is 2.62. The molecule has 0 aliphatic carbocycles. The van der Waals surface area contributed by atoms with Crippen LogP contribution in [0.25, 0.3) is 10.9 Å². The molecule has 0 radical (unpaired) electrons. The Kier molecular flexibility index (Phi) is 2.92. The third-order valence-corrected chi connectivity index (χ3v) is 2.49. The van der Waals surface area contributed by atoms with Crippen LogP contribution in [0.2, 0.25) is 0 Å². The lowest BCUT2D eigenvalue weighted by atomic mass is 10.2. The Morgan fingerprint density at radius 1 is 1.33 bits per heavy atom. The second-order valence-corrected chi connectivity index (χ2v) is 3.61. The molecule has 3 heteroatoms. The van der Waals surface area contributed by atoms with Crippen LogP contribution in [0.4, 0.5) is 0 Å². The van der Waals surface area contributed by atoms with Gasteiger partial charge in [-0.15, -0.1) is 0 Å². The molecule has 80 valence electrons. The molecule has 0 fully saturated rings. The highest BCUT2D eigenvalue weighted by Gasteiger charge is 2.03. The van der Waals surface area contributed by atoms with Gasteiger partial charge in [-0.1, -0.05) is 6.07 Å². The third-order valence-electron chi connectivity index (χ3n) is 2.49. The molecule has 15 heavy (non-hydrogen) atoms. The van der Waals surface area contributed by atoms with Crippen molar-refractivity contribution in [1.82, 2.24) is 4.57 Å². The molecular weight excluding hydrogens is 188 g/mol. The smallest absolute Gasteiger partial charge is 0.128 e. The predicted octanol–water partition coefficient (Wildman–Crippen LogP) is 1.91. The number of rotatable bonds is 4.